The minimum absolute atomic E-state index is 0.491. The molecule has 18 heavy (non-hydrogen) atoms. The molecule has 0 saturated carbocycles. The van der Waals surface area contributed by atoms with Crippen LogP contribution in [0.4, 0.5) is 5.13 Å². The van der Waals surface area contributed by atoms with Gasteiger partial charge in [-0.3, -0.25) is 0 Å². The van der Waals surface area contributed by atoms with Crippen LogP contribution in [0.15, 0.2) is 5.51 Å². The van der Waals surface area contributed by atoms with E-state index in [0.29, 0.717) is 13.2 Å². The number of nitrogens with zero attached hydrogens (tertiary/aromatic N) is 3. The maximum atomic E-state index is 5.10. The van der Waals surface area contributed by atoms with Crippen molar-refractivity contribution in [1.29, 1.82) is 0 Å². The fraction of sp³-hybridized carbons (Fsp3) is 0.500. The SMILES string of the molecule is COCCNc1nnc(-c2scnc2COC)s1. The van der Waals surface area contributed by atoms with Crippen LogP contribution in [0.3, 0.4) is 0 Å². The van der Waals surface area contributed by atoms with Crippen LogP contribution in [0.1, 0.15) is 5.69 Å². The number of nitrogens with one attached hydrogen (secondary N) is 1. The van der Waals surface area contributed by atoms with Crippen molar-refractivity contribution >= 4 is 27.8 Å². The van der Waals surface area contributed by atoms with E-state index in [1.54, 1.807) is 31.1 Å². The Kier molecular flexibility index (Phi) is 5.00. The predicted molar refractivity (Wildman–Crippen MR) is 72.1 cm³/mol. The summed E-state index contributed by atoms with van der Waals surface area (Å²) in [5.74, 6) is 0. The van der Waals surface area contributed by atoms with E-state index in [1.165, 1.54) is 11.3 Å². The molecule has 0 radical (unpaired) electrons. The Bertz CT molecular complexity index is 486. The zero-order valence-electron chi connectivity index (χ0n) is 10.2. The summed E-state index contributed by atoms with van der Waals surface area (Å²) in [6.45, 7) is 1.86. The van der Waals surface area contributed by atoms with E-state index in [0.717, 1.165) is 27.3 Å². The molecule has 2 aromatic heterocycles. The van der Waals surface area contributed by atoms with Gasteiger partial charge in [-0.2, -0.15) is 0 Å². The van der Waals surface area contributed by atoms with Crippen LogP contribution in [0.25, 0.3) is 9.88 Å². The third kappa shape index (κ3) is 3.22. The fourth-order valence-corrected chi connectivity index (χ4v) is 3.00. The lowest BCUT2D eigenvalue weighted by Gasteiger charge is -1.98. The third-order valence-electron chi connectivity index (χ3n) is 2.12. The van der Waals surface area contributed by atoms with Crippen LogP contribution in [0, 0.1) is 0 Å². The molecule has 1 N–H and O–H groups in total. The van der Waals surface area contributed by atoms with Gasteiger partial charge in [-0.25, -0.2) is 4.98 Å². The standard InChI is InChI=1S/C10H14N4O2S2/c1-15-4-3-11-10-14-13-9(18-10)8-7(5-16-2)12-6-17-8/h6H,3-5H2,1-2H3,(H,11,14). The van der Waals surface area contributed by atoms with Gasteiger partial charge in [0, 0.05) is 20.8 Å². The Morgan fingerprint density at radius 2 is 2.17 bits per heavy atom. The summed E-state index contributed by atoms with van der Waals surface area (Å²) >= 11 is 3.06. The highest BCUT2D eigenvalue weighted by atomic mass is 32.1. The highest BCUT2D eigenvalue weighted by Gasteiger charge is 2.13. The number of hydrogen-bond donors (Lipinski definition) is 1. The molecule has 0 unspecified atom stereocenters. The topological polar surface area (TPSA) is 69.2 Å². The molecule has 98 valence electrons. The van der Waals surface area contributed by atoms with E-state index in [2.05, 4.69) is 20.5 Å². The lowest BCUT2D eigenvalue weighted by atomic mass is 10.4. The Labute approximate surface area is 113 Å². The van der Waals surface area contributed by atoms with Crippen LogP contribution in [0.5, 0.6) is 0 Å². The van der Waals surface area contributed by atoms with Gasteiger partial charge in [0.15, 0.2) is 5.01 Å². The first-order valence-corrected chi connectivity index (χ1v) is 7.02. The minimum atomic E-state index is 0.491. The molecule has 0 spiro atoms. The van der Waals surface area contributed by atoms with E-state index >= 15 is 0 Å². The summed E-state index contributed by atoms with van der Waals surface area (Å²) in [4.78, 5) is 5.28. The van der Waals surface area contributed by atoms with Crippen molar-refractivity contribution in [2.45, 2.75) is 6.61 Å². The summed E-state index contributed by atoms with van der Waals surface area (Å²) in [6, 6.07) is 0. The van der Waals surface area contributed by atoms with Gasteiger partial charge in [0.1, 0.15) is 0 Å². The van der Waals surface area contributed by atoms with Crippen LogP contribution < -0.4 is 5.32 Å². The van der Waals surface area contributed by atoms with Gasteiger partial charge in [0.05, 0.1) is 29.3 Å². The average molecular weight is 286 g/mol. The van der Waals surface area contributed by atoms with Gasteiger partial charge in [0.2, 0.25) is 5.13 Å². The molecule has 8 heteroatoms. The van der Waals surface area contributed by atoms with Gasteiger partial charge in [-0.15, -0.1) is 21.5 Å². The maximum Gasteiger partial charge on any atom is 0.206 e. The van der Waals surface area contributed by atoms with Crippen molar-refractivity contribution in [3.05, 3.63) is 11.2 Å². The molecule has 0 saturated heterocycles. The van der Waals surface area contributed by atoms with E-state index in [-0.39, 0.29) is 0 Å². The quantitative estimate of drug-likeness (QED) is 0.784. The fourth-order valence-electron chi connectivity index (χ4n) is 1.33. The van der Waals surface area contributed by atoms with Crippen molar-refractivity contribution in [2.75, 3.05) is 32.7 Å². The number of thiazole rings is 1. The molecule has 2 rings (SSSR count). The van der Waals surface area contributed by atoms with Crippen LogP contribution in [-0.4, -0.2) is 42.6 Å². The average Bonchev–Trinajstić information content (AvgIpc) is 2.98. The molecule has 2 heterocycles. The molecule has 0 amide bonds. The number of aromatic nitrogens is 3. The molecule has 0 aliphatic carbocycles. The Hall–Kier alpha value is -1.09. The largest absolute Gasteiger partial charge is 0.383 e. The maximum absolute atomic E-state index is 5.10. The summed E-state index contributed by atoms with van der Waals surface area (Å²) < 4.78 is 10.1. The number of rotatable bonds is 7. The first-order valence-electron chi connectivity index (χ1n) is 5.33. The van der Waals surface area contributed by atoms with Crippen LogP contribution >= 0.6 is 22.7 Å². The monoisotopic (exact) mass is 286 g/mol. The summed E-state index contributed by atoms with van der Waals surface area (Å²) in [7, 11) is 3.32. The highest BCUT2D eigenvalue weighted by Crippen LogP contribution is 2.32. The summed E-state index contributed by atoms with van der Waals surface area (Å²) in [5, 5.41) is 13.1. The number of methoxy groups -OCH3 is 2. The Morgan fingerprint density at radius 1 is 1.28 bits per heavy atom. The molecule has 0 aliphatic heterocycles. The molecular formula is C10H14N4O2S2. The zero-order chi connectivity index (χ0) is 12.8. The Balaban J connectivity index is 2.06. The second-order valence-corrected chi connectivity index (χ2v) is 5.23. The molecule has 0 aliphatic rings. The van der Waals surface area contributed by atoms with E-state index in [4.69, 9.17) is 9.47 Å². The zero-order valence-corrected chi connectivity index (χ0v) is 11.8. The second kappa shape index (κ2) is 6.74. The summed E-state index contributed by atoms with van der Waals surface area (Å²) in [5.41, 5.74) is 2.70. The van der Waals surface area contributed by atoms with Crippen molar-refractivity contribution in [2.24, 2.45) is 0 Å². The first kappa shape index (κ1) is 13.3. The van der Waals surface area contributed by atoms with E-state index in [9.17, 15) is 0 Å². The first-order chi connectivity index (χ1) is 8.85. The molecule has 0 fully saturated rings. The molecule has 0 aromatic carbocycles. The Morgan fingerprint density at radius 3 is 2.94 bits per heavy atom. The third-order valence-corrected chi connectivity index (χ3v) is 4.03. The van der Waals surface area contributed by atoms with E-state index < -0.39 is 0 Å². The van der Waals surface area contributed by atoms with Gasteiger partial charge in [0.25, 0.3) is 0 Å². The summed E-state index contributed by atoms with van der Waals surface area (Å²) in [6.07, 6.45) is 0. The molecule has 0 atom stereocenters. The van der Waals surface area contributed by atoms with E-state index in [1.807, 2.05) is 0 Å². The second-order valence-electron chi connectivity index (χ2n) is 3.39. The lowest BCUT2D eigenvalue weighted by Crippen LogP contribution is -2.06. The minimum Gasteiger partial charge on any atom is -0.383 e. The van der Waals surface area contributed by atoms with Gasteiger partial charge < -0.3 is 14.8 Å². The van der Waals surface area contributed by atoms with Crippen molar-refractivity contribution in [1.82, 2.24) is 15.2 Å². The molecular weight excluding hydrogens is 272 g/mol. The highest BCUT2D eigenvalue weighted by molar-refractivity contribution is 7.22. The van der Waals surface area contributed by atoms with Crippen LogP contribution in [-0.2, 0) is 16.1 Å². The molecule has 2 aromatic rings. The smallest absolute Gasteiger partial charge is 0.206 e. The number of ether oxygens (including phenoxy) is 2. The van der Waals surface area contributed by atoms with Crippen molar-refractivity contribution < 1.29 is 9.47 Å². The normalized spacial score (nSPS) is 10.8. The van der Waals surface area contributed by atoms with Gasteiger partial charge >= 0.3 is 0 Å². The number of hydrogen-bond acceptors (Lipinski definition) is 8. The van der Waals surface area contributed by atoms with Crippen molar-refractivity contribution in [3.8, 4) is 9.88 Å². The van der Waals surface area contributed by atoms with Crippen LogP contribution in [0.2, 0.25) is 0 Å². The number of anilines is 1. The predicted octanol–water partition coefficient (Wildman–Crippen LogP) is 1.87. The molecule has 6 nitrogen and oxygen atoms in total. The lowest BCUT2D eigenvalue weighted by molar-refractivity contribution is 0.182. The van der Waals surface area contributed by atoms with Gasteiger partial charge in [-0.05, 0) is 0 Å². The van der Waals surface area contributed by atoms with Crippen molar-refractivity contribution in [3.63, 3.8) is 0 Å². The van der Waals surface area contributed by atoms with Gasteiger partial charge in [-0.1, -0.05) is 11.3 Å². The molecule has 0 bridgehead atoms.